The molecule has 0 aliphatic rings. The minimum Gasteiger partial charge on any atom is -0.400 e. The summed E-state index contributed by atoms with van der Waals surface area (Å²) in [5.74, 6) is 0. The van der Waals surface area contributed by atoms with Crippen molar-refractivity contribution in [1.82, 2.24) is 9.55 Å². The highest BCUT2D eigenvalue weighted by Crippen LogP contribution is 2.03. The first-order valence-corrected chi connectivity index (χ1v) is 7.08. The third kappa shape index (κ3) is 3.34. The summed E-state index contributed by atoms with van der Waals surface area (Å²) in [6.07, 6.45) is 5.42. The molecule has 4 heteroatoms. The number of rotatable bonds is 3. The van der Waals surface area contributed by atoms with Crippen LogP contribution in [0.4, 0.5) is 0 Å². The molecule has 0 saturated carbocycles. The van der Waals surface area contributed by atoms with Gasteiger partial charge in [0.25, 0.3) is 0 Å². The lowest BCUT2D eigenvalue weighted by molar-refractivity contribution is 0.229. The Balaban J connectivity index is 2.35. The number of imidazole rings is 1. The summed E-state index contributed by atoms with van der Waals surface area (Å²) in [5, 5.41) is 0. The highest BCUT2D eigenvalue weighted by molar-refractivity contribution is 6.69. The van der Waals surface area contributed by atoms with E-state index in [-0.39, 0.29) is 0 Å². The van der Waals surface area contributed by atoms with E-state index in [4.69, 9.17) is 4.43 Å². The van der Waals surface area contributed by atoms with Gasteiger partial charge in [-0.2, -0.15) is 0 Å². The third-order valence-electron chi connectivity index (χ3n) is 1.21. The van der Waals surface area contributed by atoms with Gasteiger partial charge in [-0.1, -0.05) is 0 Å². The van der Waals surface area contributed by atoms with Crippen LogP contribution in [0.3, 0.4) is 0 Å². The summed E-state index contributed by atoms with van der Waals surface area (Å²) < 4.78 is 7.56. The van der Waals surface area contributed by atoms with Crippen molar-refractivity contribution in [2.45, 2.75) is 26.4 Å². The van der Waals surface area contributed by atoms with Crippen LogP contribution in [-0.4, -0.2) is 17.9 Å². The molecule has 0 aliphatic carbocycles. The number of hydrogen-bond donors (Lipinski definition) is 0. The van der Waals surface area contributed by atoms with E-state index in [9.17, 15) is 0 Å². The largest absolute Gasteiger partial charge is 0.400 e. The molecule has 0 atom stereocenters. The van der Waals surface area contributed by atoms with Crippen LogP contribution in [0, 0.1) is 0 Å². The van der Waals surface area contributed by atoms with E-state index in [1.54, 1.807) is 12.5 Å². The van der Waals surface area contributed by atoms with Crippen LogP contribution in [0.2, 0.25) is 19.6 Å². The van der Waals surface area contributed by atoms with Crippen LogP contribution >= 0.6 is 0 Å². The van der Waals surface area contributed by atoms with Crippen molar-refractivity contribution in [1.29, 1.82) is 0 Å². The van der Waals surface area contributed by atoms with Crippen molar-refractivity contribution in [2.24, 2.45) is 0 Å². The van der Waals surface area contributed by atoms with Gasteiger partial charge in [0, 0.05) is 12.4 Å². The van der Waals surface area contributed by atoms with Crippen LogP contribution in [-0.2, 0) is 11.2 Å². The first kappa shape index (κ1) is 8.48. The van der Waals surface area contributed by atoms with E-state index in [0.717, 1.165) is 0 Å². The summed E-state index contributed by atoms with van der Waals surface area (Å²) in [5.41, 5.74) is 0. The molecule has 0 aliphatic heterocycles. The molecule has 0 aromatic carbocycles. The molecule has 0 radical (unpaired) electrons. The maximum absolute atomic E-state index is 5.64. The molecule has 0 spiro atoms. The van der Waals surface area contributed by atoms with Crippen LogP contribution < -0.4 is 0 Å². The van der Waals surface area contributed by atoms with Crippen molar-refractivity contribution in [2.75, 3.05) is 0 Å². The van der Waals surface area contributed by atoms with Gasteiger partial charge < -0.3 is 8.99 Å². The van der Waals surface area contributed by atoms with E-state index in [1.165, 1.54) is 0 Å². The molecule has 1 aromatic rings. The summed E-state index contributed by atoms with van der Waals surface area (Å²) in [7, 11) is -1.36. The van der Waals surface area contributed by atoms with Gasteiger partial charge in [0.05, 0.1) is 6.33 Å². The standard InChI is InChI=1S/C7H14N2OSi/c1-11(2,3)10-7-9-5-4-8-6-9/h4-6H,7H2,1-3H3. The Morgan fingerprint density at radius 2 is 2.18 bits per heavy atom. The van der Waals surface area contributed by atoms with Gasteiger partial charge in [0.2, 0.25) is 0 Å². The summed E-state index contributed by atoms with van der Waals surface area (Å²) in [4.78, 5) is 3.92. The molecule has 0 unspecified atom stereocenters. The normalized spacial score (nSPS) is 11.9. The van der Waals surface area contributed by atoms with Crippen LogP contribution in [0.15, 0.2) is 18.7 Å². The van der Waals surface area contributed by atoms with E-state index < -0.39 is 8.32 Å². The average Bonchev–Trinajstić information content (AvgIpc) is 2.32. The second kappa shape index (κ2) is 3.19. The minimum absolute atomic E-state index is 0.635. The highest BCUT2D eigenvalue weighted by atomic mass is 28.4. The Morgan fingerprint density at radius 3 is 2.64 bits per heavy atom. The lowest BCUT2D eigenvalue weighted by Gasteiger charge is -2.16. The topological polar surface area (TPSA) is 27.1 Å². The lowest BCUT2D eigenvalue weighted by atomic mass is 10.9. The molecule has 1 rings (SSSR count). The Bertz CT molecular complexity index is 203. The SMILES string of the molecule is C[Si](C)(C)OCn1ccnc1. The molecular weight excluding hydrogens is 156 g/mol. The molecule has 3 nitrogen and oxygen atoms in total. The van der Waals surface area contributed by atoms with Crippen LogP contribution in [0.5, 0.6) is 0 Å². The number of hydrogen-bond acceptors (Lipinski definition) is 2. The molecule has 0 amide bonds. The van der Waals surface area contributed by atoms with Crippen molar-refractivity contribution >= 4 is 8.32 Å². The van der Waals surface area contributed by atoms with Gasteiger partial charge >= 0.3 is 0 Å². The van der Waals surface area contributed by atoms with E-state index in [2.05, 4.69) is 24.6 Å². The molecular formula is C7H14N2OSi. The van der Waals surface area contributed by atoms with Crippen molar-refractivity contribution in [3.8, 4) is 0 Å². The lowest BCUT2D eigenvalue weighted by Crippen LogP contribution is -2.26. The van der Waals surface area contributed by atoms with Gasteiger partial charge in [-0.05, 0) is 19.6 Å². The van der Waals surface area contributed by atoms with Gasteiger partial charge in [-0.15, -0.1) is 0 Å². The second-order valence-electron chi connectivity index (χ2n) is 3.46. The van der Waals surface area contributed by atoms with Gasteiger partial charge in [-0.25, -0.2) is 4.98 Å². The summed E-state index contributed by atoms with van der Waals surface area (Å²) in [6, 6.07) is 0. The zero-order valence-corrected chi connectivity index (χ0v) is 8.24. The molecule has 0 bridgehead atoms. The van der Waals surface area contributed by atoms with Gasteiger partial charge in [0.1, 0.15) is 6.73 Å². The number of nitrogens with zero attached hydrogens (tertiary/aromatic N) is 2. The third-order valence-corrected chi connectivity index (χ3v) is 2.20. The van der Waals surface area contributed by atoms with Crippen molar-refractivity contribution < 1.29 is 4.43 Å². The quantitative estimate of drug-likeness (QED) is 0.645. The predicted octanol–water partition coefficient (Wildman–Crippen LogP) is 1.69. The van der Waals surface area contributed by atoms with Crippen LogP contribution in [0.25, 0.3) is 0 Å². The highest BCUT2D eigenvalue weighted by Gasteiger charge is 2.13. The summed E-state index contributed by atoms with van der Waals surface area (Å²) >= 11 is 0. The molecule has 0 N–H and O–H groups in total. The van der Waals surface area contributed by atoms with E-state index >= 15 is 0 Å². The molecule has 1 aromatic heterocycles. The predicted molar refractivity (Wildman–Crippen MR) is 46.7 cm³/mol. The maximum Gasteiger partial charge on any atom is 0.186 e. The van der Waals surface area contributed by atoms with Crippen molar-refractivity contribution in [3.05, 3.63) is 18.7 Å². The van der Waals surface area contributed by atoms with Crippen LogP contribution in [0.1, 0.15) is 0 Å². The molecule has 0 fully saturated rings. The Labute approximate surface area is 68.1 Å². The first-order chi connectivity index (χ1) is 5.08. The second-order valence-corrected chi connectivity index (χ2v) is 7.98. The van der Waals surface area contributed by atoms with Gasteiger partial charge in [-0.3, -0.25) is 0 Å². The van der Waals surface area contributed by atoms with Gasteiger partial charge in [0.15, 0.2) is 8.32 Å². The first-order valence-electron chi connectivity index (χ1n) is 3.68. The Hall–Kier alpha value is -0.613. The smallest absolute Gasteiger partial charge is 0.186 e. The maximum atomic E-state index is 5.64. The number of aromatic nitrogens is 2. The zero-order valence-electron chi connectivity index (χ0n) is 7.24. The molecule has 62 valence electrons. The fraction of sp³-hybridized carbons (Fsp3) is 0.571. The monoisotopic (exact) mass is 170 g/mol. The average molecular weight is 170 g/mol. The Kier molecular flexibility index (Phi) is 2.46. The molecule has 1 heterocycles. The van der Waals surface area contributed by atoms with E-state index in [0.29, 0.717) is 6.73 Å². The fourth-order valence-corrected chi connectivity index (χ4v) is 1.17. The zero-order chi connectivity index (χ0) is 8.32. The fourth-order valence-electron chi connectivity index (χ4n) is 0.631. The molecule has 0 saturated heterocycles. The Morgan fingerprint density at radius 1 is 1.45 bits per heavy atom. The molecule has 11 heavy (non-hydrogen) atoms. The van der Waals surface area contributed by atoms with Crippen molar-refractivity contribution in [3.63, 3.8) is 0 Å². The van der Waals surface area contributed by atoms with E-state index in [1.807, 2.05) is 10.8 Å². The summed E-state index contributed by atoms with van der Waals surface area (Å²) in [6.45, 7) is 7.15. The minimum atomic E-state index is -1.36.